The average molecular weight is 330 g/mol. The Balaban J connectivity index is 5.53. The van der Waals surface area contributed by atoms with Crippen LogP contribution in [0, 0.1) is 5.41 Å². The fraction of sp³-hybridized carbons (Fsp3) is 0.889. The highest BCUT2D eigenvalue weighted by molar-refractivity contribution is 5.78. The molecule has 0 aliphatic rings. The molecule has 23 heavy (non-hydrogen) atoms. The van der Waals surface area contributed by atoms with E-state index >= 15 is 0 Å². The molecule has 0 aliphatic heterocycles. The Kier molecular flexibility index (Phi) is 11.5. The van der Waals surface area contributed by atoms with E-state index in [1.165, 1.54) is 0 Å². The molecule has 0 saturated heterocycles. The minimum atomic E-state index is -0.776. The van der Waals surface area contributed by atoms with Gasteiger partial charge in [0, 0.05) is 0 Å². The monoisotopic (exact) mass is 330 g/mol. The molecule has 1 atom stereocenters. The van der Waals surface area contributed by atoms with Gasteiger partial charge in [-0.15, -0.1) is 0 Å². The van der Waals surface area contributed by atoms with Crippen LogP contribution in [0.1, 0.15) is 79.6 Å². The summed E-state index contributed by atoms with van der Waals surface area (Å²) in [4.78, 5) is 24.6. The first-order valence-corrected chi connectivity index (χ1v) is 9.02. The van der Waals surface area contributed by atoms with Crippen LogP contribution in [-0.2, 0) is 19.0 Å². The molecule has 0 amide bonds. The van der Waals surface area contributed by atoms with Gasteiger partial charge in [0.25, 0.3) is 0 Å². The molecule has 0 bridgehead atoms. The van der Waals surface area contributed by atoms with Crippen molar-refractivity contribution >= 4 is 12.1 Å². The van der Waals surface area contributed by atoms with Crippen LogP contribution in [0.5, 0.6) is 0 Å². The number of hydrogen-bond acceptors (Lipinski definition) is 5. The maximum Gasteiger partial charge on any atom is 0.508 e. The van der Waals surface area contributed by atoms with E-state index in [4.69, 9.17) is 14.2 Å². The molecule has 0 N–H and O–H groups in total. The van der Waals surface area contributed by atoms with Crippen LogP contribution in [0.4, 0.5) is 4.79 Å². The summed E-state index contributed by atoms with van der Waals surface area (Å²) >= 11 is 0. The number of ether oxygens (including phenoxy) is 3. The first kappa shape index (κ1) is 21.7. The van der Waals surface area contributed by atoms with E-state index in [2.05, 4.69) is 6.92 Å². The molecule has 136 valence electrons. The number of carbonyl (C=O) groups is 2. The molecule has 1 unspecified atom stereocenters. The molecular formula is C18H34O5. The zero-order valence-corrected chi connectivity index (χ0v) is 15.5. The number of hydrogen-bond donors (Lipinski definition) is 0. The summed E-state index contributed by atoms with van der Waals surface area (Å²) in [7, 11) is 0. The fourth-order valence-electron chi connectivity index (χ4n) is 3.06. The van der Waals surface area contributed by atoms with Crippen LogP contribution in [0.25, 0.3) is 0 Å². The van der Waals surface area contributed by atoms with Crippen LogP contribution >= 0.6 is 0 Å². The highest BCUT2D eigenvalue weighted by Crippen LogP contribution is 2.39. The topological polar surface area (TPSA) is 61.8 Å². The van der Waals surface area contributed by atoms with Crippen molar-refractivity contribution in [1.82, 2.24) is 0 Å². The van der Waals surface area contributed by atoms with Gasteiger partial charge in [0.2, 0.25) is 0 Å². The van der Waals surface area contributed by atoms with Crippen molar-refractivity contribution in [1.29, 1.82) is 0 Å². The summed E-state index contributed by atoms with van der Waals surface area (Å²) in [5, 5.41) is 0. The Hall–Kier alpha value is -1.26. The maximum atomic E-state index is 12.7. The van der Waals surface area contributed by atoms with Gasteiger partial charge < -0.3 is 14.2 Å². The van der Waals surface area contributed by atoms with E-state index in [0.717, 1.165) is 25.7 Å². The van der Waals surface area contributed by atoms with Crippen molar-refractivity contribution in [2.24, 2.45) is 5.41 Å². The molecule has 0 spiro atoms. The van der Waals surface area contributed by atoms with E-state index in [-0.39, 0.29) is 12.6 Å². The average Bonchev–Trinajstić information content (AvgIpc) is 2.51. The first-order chi connectivity index (χ1) is 11.0. The summed E-state index contributed by atoms with van der Waals surface area (Å²) in [5.74, 6) is -0.255. The standard InChI is InChI=1S/C18H34O5/c1-6-11-12-15(23-17(20)22-10-5)18(13-7-2,14-8-3)16(19)21-9-4/h15H,6-14H2,1-5H3. The molecule has 0 saturated carbocycles. The molecule has 0 rings (SSSR count). The maximum absolute atomic E-state index is 12.7. The van der Waals surface area contributed by atoms with Gasteiger partial charge in [-0.25, -0.2) is 4.79 Å². The summed E-state index contributed by atoms with van der Waals surface area (Å²) in [6, 6.07) is 0. The lowest BCUT2D eigenvalue weighted by Gasteiger charge is -2.37. The van der Waals surface area contributed by atoms with Crippen molar-refractivity contribution in [2.75, 3.05) is 13.2 Å². The minimum Gasteiger partial charge on any atom is -0.465 e. The van der Waals surface area contributed by atoms with E-state index in [9.17, 15) is 9.59 Å². The van der Waals surface area contributed by atoms with Crippen molar-refractivity contribution in [3.05, 3.63) is 0 Å². The van der Waals surface area contributed by atoms with Gasteiger partial charge in [0.15, 0.2) is 0 Å². The fourth-order valence-corrected chi connectivity index (χ4v) is 3.06. The number of carbonyl (C=O) groups excluding carboxylic acids is 2. The molecule has 0 aliphatic carbocycles. The van der Waals surface area contributed by atoms with Crippen LogP contribution in [0.15, 0.2) is 0 Å². The second-order valence-electron chi connectivity index (χ2n) is 5.81. The third-order valence-electron chi connectivity index (χ3n) is 4.01. The Morgan fingerprint density at radius 2 is 1.43 bits per heavy atom. The lowest BCUT2D eigenvalue weighted by Crippen LogP contribution is -2.46. The van der Waals surface area contributed by atoms with Gasteiger partial charge >= 0.3 is 12.1 Å². The van der Waals surface area contributed by atoms with Gasteiger partial charge in [-0.3, -0.25) is 4.79 Å². The molecule has 0 heterocycles. The SMILES string of the molecule is CCCCC(OC(=O)OCC)C(CCC)(CCC)C(=O)OCC. The lowest BCUT2D eigenvalue weighted by molar-refractivity contribution is -0.166. The molecule has 0 fully saturated rings. The predicted molar refractivity (Wildman–Crippen MR) is 90.3 cm³/mol. The van der Waals surface area contributed by atoms with Crippen molar-refractivity contribution < 1.29 is 23.8 Å². The zero-order valence-electron chi connectivity index (χ0n) is 15.5. The first-order valence-electron chi connectivity index (χ1n) is 9.02. The predicted octanol–water partition coefficient (Wildman–Crippen LogP) is 4.87. The van der Waals surface area contributed by atoms with Crippen LogP contribution < -0.4 is 0 Å². The third kappa shape index (κ3) is 6.80. The van der Waals surface area contributed by atoms with Gasteiger partial charge in [0.05, 0.1) is 13.2 Å². The van der Waals surface area contributed by atoms with E-state index < -0.39 is 17.7 Å². The van der Waals surface area contributed by atoms with E-state index in [1.54, 1.807) is 13.8 Å². The number of unbranched alkanes of at least 4 members (excludes halogenated alkanes) is 1. The summed E-state index contributed by atoms with van der Waals surface area (Å²) in [6.07, 6.45) is 4.25. The normalized spacial score (nSPS) is 12.6. The molecule has 0 aromatic carbocycles. The quantitative estimate of drug-likeness (QED) is 0.478. The van der Waals surface area contributed by atoms with Crippen LogP contribution in [0.3, 0.4) is 0 Å². The highest BCUT2D eigenvalue weighted by Gasteiger charge is 2.47. The van der Waals surface area contributed by atoms with Gasteiger partial charge in [0.1, 0.15) is 11.5 Å². The van der Waals surface area contributed by atoms with Crippen molar-refractivity contribution in [3.8, 4) is 0 Å². The molecule has 0 aromatic heterocycles. The van der Waals surface area contributed by atoms with Gasteiger partial charge in [-0.2, -0.15) is 0 Å². The Labute approximate surface area is 141 Å². The number of rotatable bonds is 12. The third-order valence-corrected chi connectivity index (χ3v) is 4.01. The Morgan fingerprint density at radius 3 is 1.87 bits per heavy atom. The van der Waals surface area contributed by atoms with Gasteiger partial charge in [-0.05, 0) is 33.1 Å². The van der Waals surface area contributed by atoms with Crippen molar-refractivity contribution in [3.63, 3.8) is 0 Å². The second-order valence-corrected chi connectivity index (χ2v) is 5.81. The van der Waals surface area contributed by atoms with Crippen molar-refractivity contribution in [2.45, 2.75) is 85.7 Å². The Morgan fingerprint density at radius 1 is 0.870 bits per heavy atom. The minimum absolute atomic E-state index is 0.255. The zero-order chi connectivity index (χ0) is 17.7. The molecule has 0 aromatic rings. The molecule has 5 nitrogen and oxygen atoms in total. The lowest BCUT2D eigenvalue weighted by atomic mass is 9.72. The Bertz CT molecular complexity index is 334. The smallest absolute Gasteiger partial charge is 0.465 e. The van der Waals surface area contributed by atoms with Crippen LogP contribution in [-0.4, -0.2) is 31.4 Å². The molecular weight excluding hydrogens is 296 g/mol. The van der Waals surface area contributed by atoms with Gasteiger partial charge in [-0.1, -0.05) is 46.5 Å². The summed E-state index contributed by atoms with van der Waals surface area (Å²) < 4.78 is 15.8. The number of esters is 1. The second kappa shape index (κ2) is 12.2. The van der Waals surface area contributed by atoms with E-state index in [1.807, 2.05) is 13.8 Å². The summed E-state index contributed by atoms with van der Waals surface area (Å²) in [6.45, 7) is 10.3. The molecule has 0 radical (unpaired) electrons. The summed E-state index contributed by atoms with van der Waals surface area (Å²) in [5.41, 5.74) is -0.776. The van der Waals surface area contributed by atoms with Crippen LogP contribution in [0.2, 0.25) is 0 Å². The largest absolute Gasteiger partial charge is 0.508 e. The highest BCUT2D eigenvalue weighted by atomic mass is 16.7. The van der Waals surface area contributed by atoms with E-state index in [0.29, 0.717) is 25.9 Å². The molecule has 5 heteroatoms.